The van der Waals surface area contributed by atoms with Gasteiger partial charge in [0, 0.05) is 29.7 Å². The molecule has 3 heterocycles. The van der Waals surface area contributed by atoms with Gasteiger partial charge >= 0.3 is 0 Å². The van der Waals surface area contributed by atoms with E-state index in [-0.39, 0.29) is 11.9 Å². The normalized spacial score (nSPS) is 12.1. The van der Waals surface area contributed by atoms with Gasteiger partial charge in [-0.15, -0.1) is 6.42 Å². The van der Waals surface area contributed by atoms with Gasteiger partial charge in [0.2, 0.25) is 0 Å². The van der Waals surface area contributed by atoms with Crippen molar-refractivity contribution < 1.29 is 4.39 Å². The minimum Gasteiger partial charge on any atom is -0.324 e. The van der Waals surface area contributed by atoms with Crippen LogP contribution in [0.3, 0.4) is 0 Å². The van der Waals surface area contributed by atoms with Gasteiger partial charge in [0.05, 0.1) is 27.8 Å². The fourth-order valence-corrected chi connectivity index (χ4v) is 3.47. The summed E-state index contributed by atoms with van der Waals surface area (Å²) in [6, 6.07) is 11.8. The van der Waals surface area contributed by atoms with Crippen LogP contribution in [0.4, 0.5) is 4.39 Å². The molecule has 4 aromatic rings. The van der Waals surface area contributed by atoms with E-state index in [1.54, 1.807) is 30.7 Å². The molecule has 0 radical (unpaired) electrons. The maximum Gasteiger partial charge on any atom is 0.123 e. The van der Waals surface area contributed by atoms with E-state index in [2.05, 4.69) is 15.9 Å². The summed E-state index contributed by atoms with van der Waals surface area (Å²) in [5.41, 5.74) is 5.18. The van der Waals surface area contributed by atoms with Crippen LogP contribution in [-0.2, 0) is 0 Å². The Kier molecular flexibility index (Phi) is 4.39. The van der Waals surface area contributed by atoms with Crippen molar-refractivity contribution in [3.63, 3.8) is 0 Å². The Morgan fingerprint density at radius 3 is 2.48 bits per heavy atom. The molecule has 1 unspecified atom stereocenters. The van der Waals surface area contributed by atoms with Crippen molar-refractivity contribution in [2.75, 3.05) is 0 Å². The number of benzene rings is 1. The fraction of sp³-hybridized carbons (Fsp3) is 0.0909. The van der Waals surface area contributed by atoms with Gasteiger partial charge in [-0.05, 0) is 42.8 Å². The molecule has 4 rings (SSSR count). The molecule has 3 nitrogen and oxygen atoms in total. The number of terminal acetylenes is 1. The van der Waals surface area contributed by atoms with E-state index in [0.29, 0.717) is 5.02 Å². The van der Waals surface area contributed by atoms with Crippen molar-refractivity contribution in [2.24, 2.45) is 0 Å². The largest absolute Gasteiger partial charge is 0.324 e. The zero-order valence-corrected chi connectivity index (χ0v) is 15.3. The number of fused-ring (bicyclic) bond motifs is 1. The molecule has 0 saturated heterocycles. The zero-order chi connectivity index (χ0) is 19.0. The Labute approximate surface area is 161 Å². The van der Waals surface area contributed by atoms with Crippen LogP contribution in [0, 0.1) is 18.2 Å². The Hall–Kier alpha value is -3.16. The van der Waals surface area contributed by atoms with Crippen LogP contribution in [-0.4, -0.2) is 14.5 Å². The van der Waals surface area contributed by atoms with Crippen molar-refractivity contribution in [2.45, 2.75) is 13.0 Å². The van der Waals surface area contributed by atoms with Crippen molar-refractivity contribution in [1.29, 1.82) is 0 Å². The van der Waals surface area contributed by atoms with Crippen LogP contribution in [0.15, 0.2) is 61.1 Å². The molecule has 0 N–H and O–H groups in total. The van der Waals surface area contributed by atoms with Gasteiger partial charge in [0.25, 0.3) is 0 Å². The smallest absolute Gasteiger partial charge is 0.123 e. The molecule has 0 saturated carbocycles. The predicted molar refractivity (Wildman–Crippen MR) is 107 cm³/mol. The van der Waals surface area contributed by atoms with Gasteiger partial charge in [0.15, 0.2) is 0 Å². The number of rotatable bonds is 3. The Balaban J connectivity index is 2.18. The van der Waals surface area contributed by atoms with Crippen LogP contribution < -0.4 is 0 Å². The summed E-state index contributed by atoms with van der Waals surface area (Å²) in [5, 5.41) is 0.525. The van der Waals surface area contributed by atoms with E-state index in [9.17, 15) is 4.39 Å². The molecule has 0 amide bonds. The molecular formula is C22H15ClFN3. The lowest BCUT2D eigenvalue weighted by Crippen LogP contribution is -2.04. The standard InChI is InChI=1S/C22H15ClFN3/c1-3-14(2)27-19-12-17(23)13-26-21(19)20(15-4-6-18(24)7-5-15)22(27)16-8-10-25-11-9-16/h1,4-14H,2H3. The van der Waals surface area contributed by atoms with Crippen LogP contribution >= 0.6 is 11.6 Å². The average Bonchev–Trinajstić information content (AvgIpc) is 3.03. The van der Waals surface area contributed by atoms with Crippen molar-refractivity contribution >= 4 is 22.6 Å². The van der Waals surface area contributed by atoms with Gasteiger partial charge in [-0.25, -0.2) is 4.39 Å². The molecule has 132 valence electrons. The lowest BCUT2D eigenvalue weighted by atomic mass is 10.0. The van der Waals surface area contributed by atoms with E-state index < -0.39 is 0 Å². The molecule has 3 aromatic heterocycles. The number of hydrogen-bond donors (Lipinski definition) is 0. The zero-order valence-electron chi connectivity index (χ0n) is 14.5. The fourth-order valence-electron chi connectivity index (χ4n) is 3.32. The predicted octanol–water partition coefficient (Wildman–Crippen LogP) is 5.75. The van der Waals surface area contributed by atoms with Crippen molar-refractivity contribution in [1.82, 2.24) is 14.5 Å². The number of aromatic nitrogens is 3. The number of nitrogens with zero attached hydrogens (tertiary/aromatic N) is 3. The van der Waals surface area contributed by atoms with E-state index in [4.69, 9.17) is 18.0 Å². The lowest BCUT2D eigenvalue weighted by Gasteiger charge is -2.15. The topological polar surface area (TPSA) is 30.7 Å². The minimum atomic E-state index is -0.291. The Bertz CT molecular complexity index is 1160. The molecule has 1 atom stereocenters. The summed E-state index contributed by atoms with van der Waals surface area (Å²) < 4.78 is 15.6. The van der Waals surface area contributed by atoms with E-state index >= 15 is 0 Å². The van der Waals surface area contributed by atoms with E-state index in [1.165, 1.54) is 12.1 Å². The monoisotopic (exact) mass is 375 g/mol. The van der Waals surface area contributed by atoms with Crippen LogP contribution in [0.5, 0.6) is 0 Å². The first-order valence-corrected chi connectivity index (χ1v) is 8.80. The minimum absolute atomic E-state index is 0.231. The maximum absolute atomic E-state index is 13.5. The molecule has 0 aliphatic heterocycles. The summed E-state index contributed by atoms with van der Waals surface area (Å²) in [7, 11) is 0. The number of hydrogen-bond acceptors (Lipinski definition) is 2. The summed E-state index contributed by atoms with van der Waals surface area (Å²) in [5.74, 6) is 2.50. The van der Waals surface area contributed by atoms with Gasteiger partial charge in [-0.2, -0.15) is 0 Å². The average molecular weight is 376 g/mol. The third-order valence-electron chi connectivity index (χ3n) is 4.52. The van der Waals surface area contributed by atoms with Crippen LogP contribution in [0.1, 0.15) is 13.0 Å². The molecule has 0 fully saturated rings. The van der Waals surface area contributed by atoms with Gasteiger partial charge in [-0.3, -0.25) is 9.97 Å². The summed E-state index contributed by atoms with van der Waals surface area (Å²) >= 11 is 6.23. The summed E-state index contributed by atoms with van der Waals surface area (Å²) in [4.78, 5) is 8.68. The second-order valence-corrected chi connectivity index (χ2v) is 6.64. The van der Waals surface area contributed by atoms with E-state index in [1.807, 2.05) is 29.7 Å². The Morgan fingerprint density at radius 1 is 1.11 bits per heavy atom. The second-order valence-electron chi connectivity index (χ2n) is 6.20. The SMILES string of the molecule is C#CC(C)n1c(-c2ccncc2)c(-c2ccc(F)cc2)c2ncc(Cl)cc21. The molecule has 0 bridgehead atoms. The highest BCUT2D eigenvalue weighted by Crippen LogP contribution is 2.42. The maximum atomic E-state index is 13.5. The lowest BCUT2D eigenvalue weighted by molar-refractivity contribution is 0.628. The summed E-state index contributed by atoms with van der Waals surface area (Å²) in [6.07, 6.45) is 10.8. The van der Waals surface area contributed by atoms with Crippen molar-refractivity contribution in [3.8, 4) is 34.7 Å². The molecule has 0 aliphatic carbocycles. The molecule has 0 spiro atoms. The molecule has 27 heavy (non-hydrogen) atoms. The molecule has 1 aromatic carbocycles. The first kappa shape index (κ1) is 17.3. The van der Waals surface area contributed by atoms with Gasteiger partial charge < -0.3 is 4.57 Å². The highest BCUT2D eigenvalue weighted by Gasteiger charge is 2.23. The first-order valence-electron chi connectivity index (χ1n) is 8.42. The number of pyridine rings is 2. The second kappa shape index (κ2) is 6.86. The highest BCUT2D eigenvalue weighted by molar-refractivity contribution is 6.31. The van der Waals surface area contributed by atoms with Crippen LogP contribution in [0.2, 0.25) is 5.02 Å². The third-order valence-corrected chi connectivity index (χ3v) is 4.73. The van der Waals surface area contributed by atoms with Crippen LogP contribution in [0.25, 0.3) is 33.4 Å². The molecule has 5 heteroatoms. The quantitative estimate of drug-likeness (QED) is 0.427. The molecule has 0 aliphatic rings. The summed E-state index contributed by atoms with van der Waals surface area (Å²) in [6.45, 7) is 1.94. The number of halogens is 2. The Morgan fingerprint density at radius 2 is 1.81 bits per heavy atom. The van der Waals surface area contributed by atoms with Gasteiger partial charge in [0.1, 0.15) is 5.82 Å². The first-order chi connectivity index (χ1) is 13.1. The molecular weight excluding hydrogens is 361 g/mol. The highest BCUT2D eigenvalue weighted by atomic mass is 35.5. The van der Waals surface area contributed by atoms with Gasteiger partial charge in [-0.1, -0.05) is 29.7 Å². The third kappa shape index (κ3) is 2.97. The van der Waals surface area contributed by atoms with E-state index in [0.717, 1.165) is 33.4 Å². The van der Waals surface area contributed by atoms with Crippen molar-refractivity contribution in [3.05, 3.63) is 71.9 Å².